The lowest BCUT2D eigenvalue weighted by Gasteiger charge is -2.08. The molecule has 0 radical (unpaired) electrons. The van der Waals surface area contributed by atoms with Crippen LogP contribution in [-0.2, 0) is 6.54 Å². The van der Waals surface area contributed by atoms with Gasteiger partial charge in [-0.3, -0.25) is 4.79 Å². The van der Waals surface area contributed by atoms with Crippen molar-refractivity contribution in [2.45, 2.75) is 6.54 Å². The Morgan fingerprint density at radius 1 is 1.08 bits per heavy atom. The Kier molecular flexibility index (Phi) is 5.63. The first-order valence-electron chi connectivity index (χ1n) is 7.97. The van der Waals surface area contributed by atoms with Gasteiger partial charge in [0, 0.05) is 22.2 Å². The van der Waals surface area contributed by atoms with E-state index in [2.05, 4.69) is 20.9 Å². The van der Waals surface area contributed by atoms with Gasteiger partial charge in [-0.25, -0.2) is 4.57 Å². The van der Waals surface area contributed by atoms with Crippen LogP contribution in [0.15, 0.2) is 65.5 Å². The summed E-state index contributed by atoms with van der Waals surface area (Å²) in [6.45, 7) is 0.231. The Bertz CT molecular complexity index is 909. The molecule has 132 valence electrons. The third-order valence-electron chi connectivity index (χ3n) is 3.95. The molecule has 0 aliphatic rings. The maximum absolute atomic E-state index is 12.4. The first-order valence-corrected chi connectivity index (χ1v) is 8.76. The van der Waals surface area contributed by atoms with Gasteiger partial charge >= 0.3 is 0 Å². The minimum Gasteiger partial charge on any atom is -0.497 e. The summed E-state index contributed by atoms with van der Waals surface area (Å²) < 4.78 is 13.3. The Hall–Kier alpha value is -2.73. The summed E-state index contributed by atoms with van der Waals surface area (Å²) in [4.78, 5) is 16.8. The van der Waals surface area contributed by atoms with Crippen molar-refractivity contribution in [1.29, 1.82) is 0 Å². The number of carbonyl (C=O) groups excluding carboxylic acids is 1. The number of ketones is 1. The number of hydrogen-bond acceptors (Lipinski definition) is 4. The van der Waals surface area contributed by atoms with Gasteiger partial charge in [-0.2, -0.15) is 0 Å². The Morgan fingerprint density at radius 3 is 2.46 bits per heavy atom. The zero-order valence-electron chi connectivity index (χ0n) is 14.5. The number of Topliss-reactive ketones (excluding diaryl/α,β-unsaturated/α-hetero) is 1. The number of aromatic nitrogens is 2. The molecule has 0 unspecified atom stereocenters. The van der Waals surface area contributed by atoms with Gasteiger partial charge in [-0.1, -0.05) is 28.1 Å². The molecule has 0 N–H and O–H groups in total. The number of methoxy groups -OCH3 is 2. The molecular weight excluding hydrogens is 396 g/mol. The van der Waals surface area contributed by atoms with Gasteiger partial charge in [-0.15, -0.1) is 0 Å². The number of halogens is 1. The highest BCUT2D eigenvalue weighted by molar-refractivity contribution is 9.10. The molecule has 0 atom stereocenters. The van der Waals surface area contributed by atoms with Gasteiger partial charge in [-0.05, 0) is 29.2 Å². The van der Waals surface area contributed by atoms with Crippen molar-refractivity contribution in [3.8, 4) is 22.8 Å². The fraction of sp³-hybridized carbons (Fsp3) is 0.150. The largest absolute Gasteiger partial charge is 0.497 e. The zero-order chi connectivity index (χ0) is 18.5. The molecule has 3 rings (SSSR count). The molecule has 0 spiro atoms. The second kappa shape index (κ2) is 8.10. The summed E-state index contributed by atoms with van der Waals surface area (Å²) in [5.74, 6) is 1.43. The fourth-order valence-electron chi connectivity index (χ4n) is 2.54. The Morgan fingerprint density at radius 2 is 1.85 bits per heavy atom. The summed E-state index contributed by atoms with van der Waals surface area (Å²) in [5, 5.41) is 0. The second-order valence-electron chi connectivity index (χ2n) is 5.61. The summed E-state index contributed by atoms with van der Waals surface area (Å²) in [5.41, 5.74) is 2.29. The van der Waals surface area contributed by atoms with E-state index < -0.39 is 0 Å². The normalized spacial score (nSPS) is 10.4. The number of hydrogen-bond donors (Lipinski definition) is 0. The predicted molar refractivity (Wildman–Crippen MR) is 101 cm³/mol. The van der Waals surface area contributed by atoms with Crippen molar-refractivity contribution in [2.24, 2.45) is 0 Å². The zero-order valence-corrected chi connectivity index (χ0v) is 16.1. The molecule has 6 heteroatoms. The van der Waals surface area contributed by atoms with Crippen LogP contribution >= 0.6 is 15.9 Å². The predicted octanol–water partition coefficient (Wildman–Crippen LogP) is 3.70. The third kappa shape index (κ3) is 4.08. The first kappa shape index (κ1) is 18.1. The van der Waals surface area contributed by atoms with Crippen molar-refractivity contribution in [1.82, 2.24) is 4.98 Å². The number of ether oxygens (including phenoxy) is 2. The van der Waals surface area contributed by atoms with Crippen LogP contribution in [0, 0.1) is 0 Å². The van der Waals surface area contributed by atoms with Crippen molar-refractivity contribution < 1.29 is 18.8 Å². The van der Waals surface area contributed by atoms with Gasteiger partial charge in [0.15, 0.2) is 12.2 Å². The molecule has 2 aromatic carbocycles. The maximum atomic E-state index is 12.4. The van der Waals surface area contributed by atoms with Crippen molar-refractivity contribution in [3.05, 3.63) is 71.1 Å². The van der Waals surface area contributed by atoms with Gasteiger partial charge in [0.05, 0.1) is 26.0 Å². The van der Waals surface area contributed by atoms with Crippen LogP contribution in [0.3, 0.4) is 0 Å². The van der Waals surface area contributed by atoms with E-state index in [-0.39, 0.29) is 12.3 Å². The molecule has 0 amide bonds. The van der Waals surface area contributed by atoms with Gasteiger partial charge < -0.3 is 9.47 Å². The van der Waals surface area contributed by atoms with Crippen LogP contribution in [0.2, 0.25) is 0 Å². The van der Waals surface area contributed by atoms with Crippen molar-refractivity contribution in [2.75, 3.05) is 14.2 Å². The van der Waals surface area contributed by atoms with Crippen LogP contribution in [0.25, 0.3) is 11.3 Å². The van der Waals surface area contributed by atoms with Crippen molar-refractivity contribution in [3.63, 3.8) is 0 Å². The topological polar surface area (TPSA) is 52.3 Å². The number of nitrogens with zero attached hydrogens (tertiary/aromatic N) is 2. The summed E-state index contributed by atoms with van der Waals surface area (Å²) in [6, 6.07) is 14.8. The molecule has 5 nitrogen and oxygen atoms in total. The molecule has 0 saturated carbocycles. The first-order chi connectivity index (χ1) is 12.6. The van der Waals surface area contributed by atoms with Crippen LogP contribution in [0.1, 0.15) is 10.4 Å². The standard InChI is InChI=1S/C20H18BrN2O3/c1-25-16-7-8-17(20(11-16)26-2)18-9-10-23(13-22-18)12-19(24)14-3-5-15(21)6-4-14/h3-11,13H,12H2,1-2H3/q+1. The third-order valence-corrected chi connectivity index (χ3v) is 4.47. The highest BCUT2D eigenvalue weighted by Gasteiger charge is 2.15. The van der Waals surface area contributed by atoms with E-state index in [0.717, 1.165) is 21.5 Å². The second-order valence-corrected chi connectivity index (χ2v) is 6.53. The summed E-state index contributed by atoms with van der Waals surface area (Å²) in [7, 11) is 3.22. The van der Waals surface area contributed by atoms with Crippen LogP contribution in [0.4, 0.5) is 0 Å². The minimum absolute atomic E-state index is 0.0269. The lowest BCUT2D eigenvalue weighted by molar-refractivity contribution is -0.686. The molecule has 26 heavy (non-hydrogen) atoms. The SMILES string of the molecule is COc1ccc(-c2cc[n+](CC(=O)c3ccc(Br)cc3)cn2)c(OC)c1. The van der Waals surface area contributed by atoms with E-state index in [9.17, 15) is 4.79 Å². The lowest BCUT2D eigenvalue weighted by Crippen LogP contribution is -2.37. The molecule has 0 saturated heterocycles. The van der Waals surface area contributed by atoms with Crippen molar-refractivity contribution >= 4 is 21.7 Å². The molecule has 0 fully saturated rings. The number of rotatable bonds is 6. The van der Waals surface area contributed by atoms with Crippen LogP contribution in [-0.4, -0.2) is 25.0 Å². The quantitative estimate of drug-likeness (QED) is 0.456. The average molecular weight is 414 g/mol. The minimum atomic E-state index is 0.0269. The van der Waals surface area contributed by atoms with Gasteiger partial charge in [0.25, 0.3) is 6.33 Å². The highest BCUT2D eigenvalue weighted by atomic mass is 79.9. The molecule has 0 aliphatic heterocycles. The van der Waals surface area contributed by atoms with E-state index in [1.54, 1.807) is 37.2 Å². The molecule has 0 bridgehead atoms. The maximum Gasteiger partial charge on any atom is 0.287 e. The molecule has 3 aromatic rings. The fourth-order valence-corrected chi connectivity index (χ4v) is 2.80. The highest BCUT2D eigenvalue weighted by Crippen LogP contribution is 2.31. The molecule has 1 heterocycles. The lowest BCUT2D eigenvalue weighted by atomic mass is 10.1. The Labute approximate surface area is 160 Å². The van der Waals surface area contributed by atoms with E-state index in [0.29, 0.717) is 11.3 Å². The van der Waals surface area contributed by atoms with Gasteiger partial charge in [0.1, 0.15) is 11.5 Å². The molecule has 0 aliphatic carbocycles. The Balaban J connectivity index is 1.78. The van der Waals surface area contributed by atoms with Crippen LogP contribution in [0.5, 0.6) is 11.5 Å². The van der Waals surface area contributed by atoms with E-state index in [1.807, 2.05) is 42.6 Å². The van der Waals surface area contributed by atoms with Crippen LogP contribution < -0.4 is 14.0 Å². The van der Waals surface area contributed by atoms with E-state index >= 15 is 0 Å². The van der Waals surface area contributed by atoms with E-state index in [4.69, 9.17) is 9.47 Å². The molecule has 1 aromatic heterocycles. The average Bonchev–Trinajstić information content (AvgIpc) is 2.68. The number of benzene rings is 2. The smallest absolute Gasteiger partial charge is 0.287 e. The number of carbonyl (C=O) groups is 1. The monoisotopic (exact) mass is 413 g/mol. The van der Waals surface area contributed by atoms with Gasteiger partial charge in [0.2, 0.25) is 5.78 Å². The molecular formula is C20H18BrN2O3+. The van der Waals surface area contributed by atoms with E-state index in [1.165, 1.54) is 0 Å². The summed E-state index contributed by atoms with van der Waals surface area (Å²) in [6.07, 6.45) is 3.48. The summed E-state index contributed by atoms with van der Waals surface area (Å²) >= 11 is 3.37.